The zero-order chi connectivity index (χ0) is 25.6. The molecule has 1 amide bonds. The first-order valence-electron chi connectivity index (χ1n) is 10.7. The van der Waals surface area contributed by atoms with Gasteiger partial charge in [-0.3, -0.25) is 9.10 Å². The number of anilines is 1. The van der Waals surface area contributed by atoms with Gasteiger partial charge in [-0.05, 0) is 80.4 Å². The quantitative estimate of drug-likeness (QED) is 0.324. The van der Waals surface area contributed by atoms with Crippen LogP contribution in [0.25, 0.3) is 0 Å². The smallest absolute Gasteiger partial charge is 0.264 e. The van der Waals surface area contributed by atoms with Gasteiger partial charge >= 0.3 is 0 Å². The molecule has 3 aromatic carbocycles. The molecular formula is C25H26ClN3O5S. The molecule has 0 saturated heterocycles. The van der Waals surface area contributed by atoms with Crippen molar-refractivity contribution in [2.24, 2.45) is 5.10 Å². The maximum atomic E-state index is 13.5. The molecule has 0 fully saturated rings. The van der Waals surface area contributed by atoms with Gasteiger partial charge in [-0.25, -0.2) is 13.8 Å². The number of phenolic OH excluding ortho intramolecular Hbond substituents is 1. The number of ether oxygens (including phenoxy) is 1. The second-order valence-electron chi connectivity index (χ2n) is 7.71. The zero-order valence-corrected chi connectivity index (χ0v) is 21.1. The number of amides is 1. The molecule has 0 radical (unpaired) electrons. The van der Waals surface area contributed by atoms with E-state index in [2.05, 4.69) is 10.5 Å². The number of nitrogens with zero attached hydrogens (tertiary/aromatic N) is 2. The summed E-state index contributed by atoms with van der Waals surface area (Å²) in [7, 11) is -4.06. The van der Waals surface area contributed by atoms with E-state index in [0.29, 0.717) is 28.4 Å². The molecule has 2 N–H and O–H groups in total. The minimum absolute atomic E-state index is 0.0108. The van der Waals surface area contributed by atoms with E-state index in [9.17, 15) is 18.3 Å². The number of rotatable bonds is 9. The predicted octanol–water partition coefficient (Wildman–Crippen LogP) is 4.41. The van der Waals surface area contributed by atoms with Crippen molar-refractivity contribution in [3.8, 4) is 11.5 Å². The summed E-state index contributed by atoms with van der Waals surface area (Å²) in [6, 6.07) is 15.8. The molecule has 10 heteroatoms. The van der Waals surface area contributed by atoms with Crippen LogP contribution in [0.4, 0.5) is 5.69 Å². The van der Waals surface area contributed by atoms with Gasteiger partial charge in [0.1, 0.15) is 6.54 Å². The number of carbonyl (C=O) groups is 1. The molecule has 0 aromatic heterocycles. The van der Waals surface area contributed by atoms with Crippen LogP contribution in [0.15, 0.2) is 70.7 Å². The number of hydrogen-bond acceptors (Lipinski definition) is 6. The Hall–Kier alpha value is -3.56. The third-order valence-corrected chi connectivity index (χ3v) is 7.02. The van der Waals surface area contributed by atoms with E-state index >= 15 is 0 Å². The maximum Gasteiger partial charge on any atom is 0.264 e. The highest BCUT2D eigenvalue weighted by molar-refractivity contribution is 7.92. The van der Waals surface area contributed by atoms with Gasteiger partial charge in [-0.2, -0.15) is 5.10 Å². The fourth-order valence-corrected chi connectivity index (χ4v) is 4.97. The summed E-state index contributed by atoms with van der Waals surface area (Å²) in [6.07, 6.45) is 1.37. The molecular weight excluding hydrogens is 490 g/mol. The van der Waals surface area contributed by atoms with E-state index in [0.717, 1.165) is 9.87 Å². The van der Waals surface area contributed by atoms with Gasteiger partial charge in [0, 0.05) is 5.02 Å². The number of halogens is 1. The lowest BCUT2D eigenvalue weighted by molar-refractivity contribution is -0.119. The van der Waals surface area contributed by atoms with Gasteiger partial charge in [0.05, 0.1) is 23.4 Å². The van der Waals surface area contributed by atoms with Crippen LogP contribution in [0.3, 0.4) is 0 Å². The summed E-state index contributed by atoms with van der Waals surface area (Å²) < 4.78 is 33.3. The van der Waals surface area contributed by atoms with Gasteiger partial charge in [-0.15, -0.1) is 0 Å². The first kappa shape index (κ1) is 26.1. The molecule has 0 saturated carbocycles. The predicted molar refractivity (Wildman–Crippen MR) is 137 cm³/mol. The number of sulfonamides is 1. The highest BCUT2D eigenvalue weighted by Gasteiger charge is 2.28. The maximum absolute atomic E-state index is 13.5. The largest absolute Gasteiger partial charge is 0.504 e. The molecule has 184 valence electrons. The Balaban J connectivity index is 1.85. The van der Waals surface area contributed by atoms with Crippen LogP contribution in [0.1, 0.15) is 23.6 Å². The SMILES string of the molecule is CCOc1cc(/C=N\NC(=O)CN(c2ccc(Cl)cc2C)S(=O)(=O)c2ccc(C)cc2)ccc1O. The zero-order valence-electron chi connectivity index (χ0n) is 19.5. The highest BCUT2D eigenvalue weighted by atomic mass is 35.5. The average molecular weight is 516 g/mol. The normalized spacial score (nSPS) is 11.4. The van der Waals surface area contributed by atoms with E-state index in [-0.39, 0.29) is 16.4 Å². The standard InChI is InChI=1S/C25H26ClN3O5S/c1-4-34-24-14-19(7-12-23(24)30)15-27-28-25(31)16-29(22-11-8-20(26)13-18(22)3)35(32,33)21-9-5-17(2)6-10-21/h5-15,30H,4,16H2,1-3H3,(H,28,31)/b27-15-. The van der Waals surface area contributed by atoms with Crippen LogP contribution in [0.2, 0.25) is 5.02 Å². The molecule has 3 aromatic rings. The fourth-order valence-electron chi connectivity index (χ4n) is 3.26. The Morgan fingerprint density at radius 1 is 1.11 bits per heavy atom. The van der Waals surface area contributed by atoms with Crippen molar-refractivity contribution in [3.05, 3.63) is 82.4 Å². The van der Waals surface area contributed by atoms with Gasteiger partial charge < -0.3 is 9.84 Å². The third kappa shape index (κ3) is 6.52. The second-order valence-corrected chi connectivity index (χ2v) is 10.0. The minimum Gasteiger partial charge on any atom is -0.504 e. The van der Waals surface area contributed by atoms with Crippen LogP contribution in [0, 0.1) is 13.8 Å². The Bertz CT molecular complexity index is 1340. The monoisotopic (exact) mass is 515 g/mol. The van der Waals surface area contributed by atoms with Crippen molar-refractivity contribution >= 4 is 39.4 Å². The molecule has 0 atom stereocenters. The van der Waals surface area contributed by atoms with Crippen molar-refractivity contribution in [1.29, 1.82) is 0 Å². The summed E-state index contributed by atoms with van der Waals surface area (Å²) in [5, 5.41) is 14.2. The number of nitrogens with one attached hydrogen (secondary N) is 1. The number of aromatic hydroxyl groups is 1. The second kappa shape index (κ2) is 11.2. The van der Waals surface area contributed by atoms with Crippen molar-refractivity contribution < 1.29 is 23.1 Å². The third-order valence-electron chi connectivity index (χ3n) is 5.01. The summed E-state index contributed by atoms with van der Waals surface area (Å²) in [6.45, 7) is 5.24. The lowest BCUT2D eigenvalue weighted by atomic mass is 10.2. The number of benzene rings is 3. The number of phenols is 1. The van der Waals surface area contributed by atoms with Crippen LogP contribution in [-0.2, 0) is 14.8 Å². The van der Waals surface area contributed by atoms with Gasteiger partial charge in [0.2, 0.25) is 0 Å². The van der Waals surface area contributed by atoms with Crippen LogP contribution >= 0.6 is 11.6 Å². The van der Waals surface area contributed by atoms with Gasteiger partial charge in [0.15, 0.2) is 11.5 Å². The van der Waals surface area contributed by atoms with E-state index in [1.165, 1.54) is 24.4 Å². The highest BCUT2D eigenvalue weighted by Crippen LogP contribution is 2.29. The lowest BCUT2D eigenvalue weighted by Crippen LogP contribution is -2.40. The Kier molecular flexibility index (Phi) is 8.37. The molecule has 0 bridgehead atoms. The van der Waals surface area contributed by atoms with Crippen molar-refractivity contribution in [2.45, 2.75) is 25.7 Å². The Morgan fingerprint density at radius 2 is 1.83 bits per heavy atom. The minimum atomic E-state index is -4.06. The number of hydrazone groups is 1. The Labute approximate surface area is 209 Å². The average Bonchev–Trinajstić information content (AvgIpc) is 2.80. The van der Waals surface area contributed by atoms with E-state index in [4.69, 9.17) is 16.3 Å². The Morgan fingerprint density at radius 3 is 2.49 bits per heavy atom. The molecule has 0 heterocycles. The van der Waals surface area contributed by atoms with E-state index in [1.807, 2.05) is 6.92 Å². The van der Waals surface area contributed by atoms with Crippen molar-refractivity contribution in [3.63, 3.8) is 0 Å². The first-order valence-corrected chi connectivity index (χ1v) is 12.6. The van der Waals surface area contributed by atoms with Gasteiger partial charge in [0.25, 0.3) is 15.9 Å². The molecule has 0 unspecified atom stereocenters. The molecule has 0 spiro atoms. The number of hydrogen-bond donors (Lipinski definition) is 2. The van der Waals surface area contributed by atoms with Crippen LogP contribution in [-0.4, -0.2) is 38.8 Å². The molecule has 3 rings (SSSR count). The molecule has 0 aliphatic carbocycles. The molecule has 0 aliphatic rings. The summed E-state index contributed by atoms with van der Waals surface area (Å²) in [5.74, 6) is -0.366. The van der Waals surface area contributed by atoms with Crippen molar-refractivity contribution in [1.82, 2.24) is 5.43 Å². The molecule has 35 heavy (non-hydrogen) atoms. The summed E-state index contributed by atoms with van der Waals surface area (Å²) in [5.41, 5.74) is 4.76. The number of aryl methyl sites for hydroxylation is 2. The van der Waals surface area contributed by atoms with Crippen molar-refractivity contribution in [2.75, 3.05) is 17.5 Å². The molecule has 0 aliphatic heterocycles. The first-order chi connectivity index (χ1) is 16.6. The topological polar surface area (TPSA) is 108 Å². The van der Waals surface area contributed by atoms with E-state index < -0.39 is 22.5 Å². The van der Waals surface area contributed by atoms with Crippen LogP contribution < -0.4 is 14.5 Å². The van der Waals surface area contributed by atoms with E-state index in [1.54, 1.807) is 56.3 Å². The number of carbonyl (C=O) groups excluding carboxylic acids is 1. The molecule has 8 nitrogen and oxygen atoms in total. The summed E-state index contributed by atoms with van der Waals surface area (Å²) >= 11 is 6.05. The van der Waals surface area contributed by atoms with Crippen LogP contribution in [0.5, 0.6) is 11.5 Å². The summed E-state index contributed by atoms with van der Waals surface area (Å²) in [4.78, 5) is 12.8. The fraction of sp³-hybridized carbons (Fsp3) is 0.200. The lowest BCUT2D eigenvalue weighted by Gasteiger charge is -2.25. The van der Waals surface area contributed by atoms with Gasteiger partial charge in [-0.1, -0.05) is 29.3 Å².